The summed E-state index contributed by atoms with van der Waals surface area (Å²) < 4.78 is 44.3. The number of benzene rings is 2. The summed E-state index contributed by atoms with van der Waals surface area (Å²) in [6, 6.07) is 10.7. The van der Waals surface area contributed by atoms with E-state index in [1.54, 1.807) is 24.3 Å². The second-order valence-corrected chi connectivity index (χ2v) is 8.13. The number of hydrogen-bond acceptors (Lipinski definition) is 7. The zero-order chi connectivity index (χ0) is 23.5. The molecule has 1 atom stereocenters. The Labute approximate surface area is 189 Å². The van der Waals surface area contributed by atoms with Crippen LogP contribution >= 0.6 is 24.0 Å². The maximum atomic E-state index is 13.2. The minimum atomic E-state index is -4.74. The number of nitrogens with zero attached hydrogens (tertiary/aromatic N) is 1. The number of carbonyl (C=O) groups is 1. The van der Waals surface area contributed by atoms with Gasteiger partial charge in [-0.15, -0.1) is 11.8 Å². The number of fused-ring (bicyclic) bond motifs is 1. The normalized spacial score (nSPS) is 13.3. The van der Waals surface area contributed by atoms with Crippen LogP contribution < -0.4 is 10.9 Å². The highest BCUT2D eigenvalue weighted by atomic mass is 32.2. The number of amides is 1. The molecule has 2 aromatic carbocycles. The predicted octanol–water partition coefficient (Wildman–Crippen LogP) is 5.03. The second-order valence-electron chi connectivity index (χ2n) is 6.90. The van der Waals surface area contributed by atoms with E-state index in [1.807, 2.05) is 0 Å². The first-order chi connectivity index (χ1) is 15.0. The molecule has 1 heterocycles. The first kappa shape index (κ1) is 23.7. The number of nitrogens with one attached hydrogen (secondary N) is 1. The summed E-state index contributed by atoms with van der Waals surface area (Å²) in [7, 11) is 0. The number of aliphatic hydroxyl groups is 1. The Morgan fingerprint density at radius 1 is 1.22 bits per heavy atom. The van der Waals surface area contributed by atoms with Gasteiger partial charge in [0.15, 0.2) is 0 Å². The van der Waals surface area contributed by atoms with Gasteiger partial charge in [0.05, 0.1) is 16.4 Å². The monoisotopic (exact) mass is 480 g/mol. The van der Waals surface area contributed by atoms with E-state index in [9.17, 15) is 27.9 Å². The Bertz CT molecular complexity index is 1260. The molecule has 3 aromatic rings. The molecule has 0 bridgehead atoms. The average molecular weight is 480 g/mol. The van der Waals surface area contributed by atoms with Crippen LogP contribution in [0.3, 0.4) is 0 Å². The third kappa shape index (κ3) is 5.63. The molecule has 0 fully saturated rings. The molecule has 3 rings (SSSR count). The molecule has 1 amide bonds. The van der Waals surface area contributed by atoms with Crippen LogP contribution in [0, 0.1) is 0 Å². The van der Waals surface area contributed by atoms with E-state index in [2.05, 4.69) is 27.7 Å². The fourth-order valence-corrected chi connectivity index (χ4v) is 3.71. The van der Waals surface area contributed by atoms with Crippen molar-refractivity contribution in [2.24, 2.45) is 4.99 Å². The number of thiocarbonyl (C=S) groups is 1. The van der Waals surface area contributed by atoms with Crippen molar-refractivity contribution in [3.63, 3.8) is 0 Å². The van der Waals surface area contributed by atoms with Gasteiger partial charge in [-0.05, 0) is 55.5 Å². The van der Waals surface area contributed by atoms with Gasteiger partial charge in [0.1, 0.15) is 11.2 Å². The van der Waals surface area contributed by atoms with Crippen LogP contribution in [0.15, 0.2) is 67.6 Å². The Balaban J connectivity index is 1.75. The minimum absolute atomic E-state index is 0.00447. The highest BCUT2D eigenvalue weighted by Gasteiger charge is 2.34. The van der Waals surface area contributed by atoms with E-state index >= 15 is 0 Å². The standard InChI is InChI=1S/C21H15F3N2O4S2/c1-20(29,10-32-14-5-2-12(3-6-14)25-11-31)19(28)26-13-4-7-15-16(21(22,23)24)9-18(27)30-17(15)8-13/h2-9,29H,10H2,1H3,(H,26,28)/t20-/m0/s1. The summed E-state index contributed by atoms with van der Waals surface area (Å²) in [4.78, 5) is 28.7. The van der Waals surface area contributed by atoms with Gasteiger partial charge in [-0.2, -0.15) is 18.2 Å². The molecule has 6 nitrogen and oxygen atoms in total. The van der Waals surface area contributed by atoms with Gasteiger partial charge in [0.25, 0.3) is 5.91 Å². The lowest BCUT2D eigenvalue weighted by Gasteiger charge is -2.22. The van der Waals surface area contributed by atoms with E-state index < -0.39 is 28.9 Å². The summed E-state index contributed by atoms with van der Waals surface area (Å²) in [6.07, 6.45) is -4.74. The lowest BCUT2D eigenvalue weighted by atomic mass is 10.1. The summed E-state index contributed by atoms with van der Waals surface area (Å²) >= 11 is 5.75. The minimum Gasteiger partial charge on any atom is -0.423 e. The van der Waals surface area contributed by atoms with Crippen molar-refractivity contribution < 1.29 is 27.5 Å². The lowest BCUT2D eigenvalue weighted by molar-refractivity contribution is -0.136. The summed E-state index contributed by atoms with van der Waals surface area (Å²) in [5, 5.41) is 14.9. The van der Waals surface area contributed by atoms with Gasteiger partial charge < -0.3 is 14.8 Å². The summed E-state index contributed by atoms with van der Waals surface area (Å²) in [5.74, 6) is -0.782. The van der Waals surface area contributed by atoms with Crippen molar-refractivity contribution in [1.82, 2.24) is 0 Å². The molecule has 0 aliphatic heterocycles. The number of anilines is 1. The topological polar surface area (TPSA) is 91.9 Å². The molecular weight excluding hydrogens is 465 g/mol. The zero-order valence-corrected chi connectivity index (χ0v) is 18.0. The quantitative estimate of drug-likeness (QED) is 0.223. The van der Waals surface area contributed by atoms with Crippen LogP contribution in [0.2, 0.25) is 0 Å². The van der Waals surface area contributed by atoms with Crippen LogP contribution in [0.1, 0.15) is 12.5 Å². The van der Waals surface area contributed by atoms with Crippen molar-refractivity contribution in [1.29, 1.82) is 0 Å². The third-order valence-electron chi connectivity index (χ3n) is 4.33. The first-order valence-corrected chi connectivity index (χ1v) is 10.4. The molecule has 0 spiro atoms. The first-order valence-electron chi connectivity index (χ1n) is 8.99. The van der Waals surface area contributed by atoms with Crippen LogP contribution in [0.5, 0.6) is 0 Å². The van der Waals surface area contributed by atoms with E-state index in [1.165, 1.54) is 24.8 Å². The zero-order valence-electron chi connectivity index (χ0n) is 16.4. The Kier molecular flexibility index (Phi) is 6.85. The van der Waals surface area contributed by atoms with Crippen LogP contribution in [-0.4, -0.2) is 27.5 Å². The van der Waals surface area contributed by atoms with Gasteiger partial charge >= 0.3 is 11.8 Å². The van der Waals surface area contributed by atoms with Crippen molar-refractivity contribution in [3.8, 4) is 0 Å². The Morgan fingerprint density at radius 3 is 2.53 bits per heavy atom. The van der Waals surface area contributed by atoms with E-state index in [0.717, 1.165) is 17.0 Å². The van der Waals surface area contributed by atoms with Crippen molar-refractivity contribution >= 4 is 57.4 Å². The highest BCUT2D eigenvalue weighted by Crippen LogP contribution is 2.34. The maximum Gasteiger partial charge on any atom is 0.417 e. The van der Waals surface area contributed by atoms with E-state index in [-0.39, 0.29) is 22.4 Å². The van der Waals surface area contributed by atoms with Crippen molar-refractivity contribution in [3.05, 3.63) is 64.5 Å². The average Bonchev–Trinajstić information content (AvgIpc) is 2.72. The molecule has 11 heteroatoms. The number of rotatable bonds is 6. The van der Waals surface area contributed by atoms with Crippen molar-refractivity contribution in [2.45, 2.75) is 23.6 Å². The predicted molar refractivity (Wildman–Crippen MR) is 119 cm³/mol. The Hall–Kier alpha value is -2.98. The number of hydrogen-bond donors (Lipinski definition) is 2. The largest absolute Gasteiger partial charge is 0.423 e. The maximum absolute atomic E-state index is 13.2. The summed E-state index contributed by atoms with van der Waals surface area (Å²) in [5.41, 5.74) is -3.76. The SMILES string of the molecule is C[C@](O)(CSc1ccc(N=C=S)cc1)C(=O)Nc1ccc2c(C(F)(F)F)cc(=O)oc2c1. The number of thioether (sulfide) groups is 1. The molecule has 1 aromatic heterocycles. The van der Waals surface area contributed by atoms with Gasteiger partial charge in [-0.25, -0.2) is 4.79 Å². The van der Waals surface area contributed by atoms with Crippen LogP contribution in [0.4, 0.5) is 24.5 Å². The second kappa shape index (κ2) is 9.25. The number of isothiocyanates is 1. The number of carbonyl (C=O) groups excluding carboxylic acids is 1. The van der Waals surface area contributed by atoms with Gasteiger partial charge in [-0.1, -0.05) is 0 Å². The van der Waals surface area contributed by atoms with E-state index in [4.69, 9.17) is 4.42 Å². The molecule has 0 saturated heterocycles. The molecule has 0 unspecified atom stereocenters. The van der Waals surface area contributed by atoms with Gasteiger partial charge in [0, 0.05) is 33.9 Å². The van der Waals surface area contributed by atoms with Crippen molar-refractivity contribution in [2.75, 3.05) is 11.1 Å². The molecular formula is C21H15F3N2O4S2. The summed E-state index contributed by atoms with van der Waals surface area (Å²) in [6.45, 7) is 1.31. The number of halogens is 3. The molecule has 0 aliphatic carbocycles. The Morgan fingerprint density at radius 2 is 1.91 bits per heavy atom. The molecule has 0 radical (unpaired) electrons. The molecule has 0 saturated carbocycles. The van der Waals surface area contributed by atoms with Gasteiger partial charge in [-0.3, -0.25) is 4.79 Å². The number of alkyl halides is 3. The number of aliphatic imine (C=N–C) groups is 1. The molecule has 32 heavy (non-hydrogen) atoms. The fourth-order valence-electron chi connectivity index (χ4n) is 2.70. The highest BCUT2D eigenvalue weighted by molar-refractivity contribution is 7.99. The third-order valence-corrected chi connectivity index (χ3v) is 5.73. The van der Waals surface area contributed by atoms with Gasteiger partial charge in [0.2, 0.25) is 0 Å². The molecule has 0 aliphatic rings. The fraction of sp³-hybridized carbons (Fsp3) is 0.190. The molecule has 166 valence electrons. The smallest absolute Gasteiger partial charge is 0.417 e. The van der Waals surface area contributed by atoms with Crippen LogP contribution in [0.25, 0.3) is 11.0 Å². The van der Waals surface area contributed by atoms with E-state index in [0.29, 0.717) is 11.8 Å². The molecule has 2 N–H and O–H groups in total. The lowest BCUT2D eigenvalue weighted by Crippen LogP contribution is -2.42. The van der Waals surface area contributed by atoms with Crippen LogP contribution in [-0.2, 0) is 11.0 Å².